The number of aromatic nitrogens is 1. The van der Waals surface area contributed by atoms with Crippen LogP contribution in [0, 0.1) is 11.7 Å². The molecule has 2 aromatic carbocycles. The van der Waals surface area contributed by atoms with E-state index in [-0.39, 0.29) is 40.4 Å². The van der Waals surface area contributed by atoms with Gasteiger partial charge in [-0.1, -0.05) is 58.5 Å². The molecule has 1 aliphatic carbocycles. The summed E-state index contributed by atoms with van der Waals surface area (Å²) in [5, 5.41) is 4.68. The van der Waals surface area contributed by atoms with Crippen LogP contribution in [-0.4, -0.2) is 59.3 Å². The molecule has 1 saturated heterocycles. The van der Waals surface area contributed by atoms with E-state index in [4.69, 9.17) is 55.9 Å². The Labute approximate surface area is 292 Å². The molecule has 0 bridgehead atoms. The largest absolute Gasteiger partial charge is 0.485 e. The molecule has 8 nitrogen and oxygen atoms in total. The van der Waals surface area contributed by atoms with Crippen molar-refractivity contribution in [2.75, 3.05) is 24.5 Å². The first-order chi connectivity index (χ1) is 21.8. The van der Waals surface area contributed by atoms with Crippen molar-refractivity contribution in [2.45, 2.75) is 70.7 Å². The zero-order chi connectivity index (χ0) is 33.2. The van der Waals surface area contributed by atoms with Crippen LogP contribution < -0.4 is 15.0 Å². The summed E-state index contributed by atoms with van der Waals surface area (Å²) in [6, 6.07) is 7.83. The molecule has 248 valence electrons. The van der Waals surface area contributed by atoms with E-state index >= 15 is 0 Å². The fraction of sp³-hybridized carbons (Fsp3) is 0.469. The minimum atomic E-state index is -0.676. The molecule has 2 fully saturated rings. The molecule has 1 N–H and O–H groups in total. The average molecular weight is 733 g/mol. The topological polar surface area (TPSA) is 84.0 Å². The Morgan fingerprint density at radius 2 is 1.85 bits per heavy atom. The number of ether oxygens (including phenoxy) is 2. The van der Waals surface area contributed by atoms with Gasteiger partial charge in [0.05, 0.1) is 32.6 Å². The number of anilines is 1. The van der Waals surface area contributed by atoms with Crippen LogP contribution in [0.15, 0.2) is 36.5 Å². The summed E-state index contributed by atoms with van der Waals surface area (Å²) in [6.45, 7) is 6.99. The van der Waals surface area contributed by atoms with Crippen LogP contribution >= 0.6 is 57.7 Å². The fourth-order valence-corrected chi connectivity index (χ4v) is 7.17. The fourth-order valence-electron chi connectivity index (χ4n) is 5.22. The van der Waals surface area contributed by atoms with Gasteiger partial charge in [0.2, 0.25) is 5.91 Å². The number of rotatable bonds is 11. The summed E-state index contributed by atoms with van der Waals surface area (Å²) >= 11 is 26.6. The lowest BCUT2D eigenvalue weighted by atomic mass is 10.0. The summed E-state index contributed by atoms with van der Waals surface area (Å²) in [7, 11) is 0. The van der Waals surface area contributed by atoms with E-state index in [0.717, 1.165) is 28.4 Å². The number of thiazole rings is 1. The number of hydrogen-bond acceptors (Lipinski definition) is 7. The van der Waals surface area contributed by atoms with Crippen LogP contribution in [0.5, 0.6) is 5.75 Å². The normalized spacial score (nSPS) is 17.1. The quantitative estimate of drug-likeness (QED) is 0.213. The van der Waals surface area contributed by atoms with Crippen molar-refractivity contribution in [1.82, 2.24) is 15.2 Å². The smallest absolute Gasteiger partial charge is 0.407 e. The van der Waals surface area contributed by atoms with Crippen LogP contribution in [0.25, 0.3) is 0 Å². The minimum absolute atomic E-state index is 0.0896. The highest BCUT2D eigenvalue weighted by molar-refractivity contribution is 7.15. The van der Waals surface area contributed by atoms with E-state index in [1.807, 2.05) is 17.0 Å². The Hall–Kier alpha value is -2.50. The second-order valence-corrected chi connectivity index (χ2v) is 15.2. The molecule has 2 aliphatic rings. The third-order valence-corrected chi connectivity index (χ3v) is 10.0. The van der Waals surface area contributed by atoms with Crippen LogP contribution in [0.4, 0.5) is 14.3 Å². The van der Waals surface area contributed by atoms with Crippen molar-refractivity contribution in [3.63, 3.8) is 0 Å². The molecule has 5 rings (SSSR count). The predicted octanol–water partition coefficient (Wildman–Crippen LogP) is 8.43. The number of halogens is 5. The van der Waals surface area contributed by atoms with Gasteiger partial charge in [-0.25, -0.2) is 14.2 Å². The predicted molar refractivity (Wildman–Crippen MR) is 181 cm³/mol. The first kappa shape index (κ1) is 34.8. The number of nitrogens with zero attached hydrogens (tertiary/aromatic N) is 3. The van der Waals surface area contributed by atoms with Gasteiger partial charge in [-0.2, -0.15) is 0 Å². The van der Waals surface area contributed by atoms with Gasteiger partial charge < -0.3 is 24.6 Å². The van der Waals surface area contributed by atoms with Crippen molar-refractivity contribution in [1.29, 1.82) is 0 Å². The number of carbonyl (C=O) groups excluding carboxylic acids is 2. The molecule has 0 radical (unpaired) electrons. The Kier molecular flexibility index (Phi) is 11.1. The zero-order valence-electron chi connectivity index (χ0n) is 25.6. The molecule has 1 saturated carbocycles. The second kappa shape index (κ2) is 14.7. The highest BCUT2D eigenvalue weighted by atomic mass is 35.5. The molecule has 2 heterocycles. The van der Waals surface area contributed by atoms with Crippen molar-refractivity contribution in [3.8, 4) is 5.75 Å². The van der Waals surface area contributed by atoms with Gasteiger partial charge in [-0.15, -0.1) is 11.3 Å². The van der Waals surface area contributed by atoms with E-state index in [9.17, 15) is 14.0 Å². The molecule has 1 aliphatic heterocycles. The maximum Gasteiger partial charge on any atom is 0.407 e. The van der Waals surface area contributed by atoms with Crippen LogP contribution in [0.1, 0.15) is 50.5 Å². The third kappa shape index (κ3) is 9.10. The van der Waals surface area contributed by atoms with E-state index in [2.05, 4.69) is 15.2 Å². The second-order valence-electron chi connectivity index (χ2n) is 12.5. The van der Waals surface area contributed by atoms with Crippen LogP contribution in [0.2, 0.25) is 20.1 Å². The standard InChI is InChI=1S/C32H35Cl4FN4O4S/c1-32(2,3)45-31(43)39-14-19(29(42)41(21-7-8-21)16-18-5-4-6-24(33)27(18)36)11-23-15-38-30(46-23)40-10-9-22(17-40)44-28-25(34)12-20(37)13-26(28)35/h4-6,12-13,15,19,21-22H,7-11,14,16-17H2,1-3H3,(H,39,43)/t19-,22-/m1/s1. The van der Waals surface area contributed by atoms with Crippen LogP contribution in [-0.2, 0) is 22.5 Å². The SMILES string of the molecule is CC(C)(C)OC(=O)NC[C@@H](Cc1cnc(N2CC[C@@H](Oc3c(Cl)cc(F)cc3Cl)C2)s1)C(=O)N(Cc1cccc(Cl)c1Cl)C1CC1. The molecule has 0 unspecified atom stereocenters. The number of nitrogens with one attached hydrogen (secondary N) is 1. The number of hydrogen-bond donors (Lipinski definition) is 1. The molecular weight excluding hydrogens is 697 g/mol. The van der Waals surface area contributed by atoms with Crippen molar-refractivity contribution >= 4 is 74.9 Å². The molecule has 2 amide bonds. The van der Waals surface area contributed by atoms with Crippen molar-refractivity contribution < 1.29 is 23.5 Å². The van der Waals surface area contributed by atoms with Gasteiger partial charge in [-0.3, -0.25) is 4.79 Å². The Balaban J connectivity index is 1.29. The Morgan fingerprint density at radius 1 is 1.13 bits per heavy atom. The Morgan fingerprint density at radius 3 is 2.52 bits per heavy atom. The van der Waals surface area contributed by atoms with E-state index in [1.54, 1.807) is 33.0 Å². The molecule has 0 spiro atoms. The molecule has 1 aromatic heterocycles. The van der Waals surface area contributed by atoms with Crippen molar-refractivity contribution in [2.24, 2.45) is 5.92 Å². The van der Waals surface area contributed by atoms with E-state index in [1.165, 1.54) is 23.5 Å². The maximum atomic E-state index is 14.2. The summed E-state index contributed by atoms with van der Waals surface area (Å²) in [4.78, 5) is 36.2. The maximum absolute atomic E-state index is 14.2. The zero-order valence-corrected chi connectivity index (χ0v) is 29.5. The number of benzene rings is 2. The monoisotopic (exact) mass is 730 g/mol. The van der Waals surface area contributed by atoms with Gasteiger partial charge in [0.1, 0.15) is 17.5 Å². The van der Waals surface area contributed by atoms with E-state index in [0.29, 0.717) is 42.5 Å². The van der Waals surface area contributed by atoms with Gasteiger partial charge in [-0.05, 0) is 63.8 Å². The van der Waals surface area contributed by atoms with Crippen LogP contribution in [0.3, 0.4) is 0 Å². The molecule has 2 atom stereocenters. The molecular formula is C32H35Cl4FN4O4S. The van der Waals surface area contributed by atoms with Gasteiger partial charge >= 0.3 is 6.09 Å². The van der Waals surface area contributed by atoms with Gasteiger partial charge in [0.25, 0.3) is 0 Å². The highest BCUT2D eigenvalue weighted by Crippen LogP contribution is 2.37. The summed E-state index contributed by atoms with van der Waals surface area (Å²) in [5.74, 6) is -0.934. The lowest BCUT2D eigenvalue weighted by Crippen LogP contribution is -2.44. The number of amides is 2. The molecule has 46 heavy (non-hydrogen) atoms. The van der Waals surface area contributed by atoms with Crippen molar-refractivity contribution in [3.05, 3.63) is 72.9 Å². The van der Waals surface area contributed by atoms with E-state index < -0.39 is 23.4 Å². The van der Waals surface area contributed by atoms with Gasteiger partial charge in [0, 0.05) is 43.2 Å². The highest BCUT2D eigenvalue weighted by Gasteiger charge is 2.37. The summed E-state index contributed by atoms with van der Waals surface area (Å²) in [5.41, 5.74) is 0.0897. The third-order valence-electron chi connectivity index (χ3n) is 7.54. The Bertz CT molecular complexity index is 1560. The van der Waals surface area contributed by atoms with Gasteiger partial charge in [0.15, 0.2) is 10.9 Å². The average Bonchev–Trinajstić information content (AvgIpc) is 3.51. The number of alkyl carbamates (subject to hydrolysis) is 1. The summed E-state index contributed by atoms with van der Waals surface area (Å²) < 4.78 is 25.1. The summed E-state index contributed by atoms with van der Waals surface area (Å²) in [6.07, 6.45) is 3.82. The first-order valence-electron chi connectivity index (χ1n) is 15.0. The molecule has 14 heteroatoms. The lowest BCUT2D eigenvalue weighted by Gasteiger charge is -2.28. The first-order valence-corrected chi connectivity index (χ1v) is 17.3. The number of carbonyl (C=O) groups is 2. The lowest BCUT2D eigenvalue weighted by molar-refractivity contribution is -0.136. The molecule has 3 aromatic rings. The minimum Gasteiger partial charge on any atom is -0.485 e.